The maximum Gasteiger partial charge on any atom is 0.160 e. The number of amidine groups is 1. The minimum atomic E-state index is 0.723. The Balaban J connectivity index is 1.03. The molecule has 0 saturated carbocycles. The van der Waals surface area contributed by atoms with Crippen molar-refractivity contribution in [2.24, 2.45) is 9.98 Å². The molecule has 1 aliphatic rings. The third-order valence-electron chi connectivity index (χ3n) is 11.2. The van der Waals surface area contributed by atoms with Crippen molar-refractivity contribution in [2.45, 2.75) is 12.8 Å². The molecule has 0 spiro atoms. The summed E-state index contributed by atoms with van der Waals surface area (Å²) in [6, 6.07) is 66.7. The Morgan fingerprint density at radius 1 is 0.431 bits per heavy atom. The number of para-hydroxylation sites is 1. The van der Waals surface area contributed by atoms with E-state index in [1.54, 1.807) is 0 Å². The van der Waals surface area contributed by atoms with Crippen molar-refractivity contribution >= 4 is 70.7 Å². The highest BCUT2D eigenvalue weighted by atomic mass is 32.1. The summed E-state index contributed by atoms with van der Waals surface area (Å²) in [5, 5.41) is 4.75. The highest BCUT2D eigenvalue weighted by Crippen LogP contribution is 2.43. The number of allylic oxidation sites excluding steroid dienone is 1. The molecule has 58 heavy (non-hydrogen) atoms. The first-order chi connectivity index (χ1) is 28.7. The summed E-state index contributed by atoms with van der Waals surface area (Å²) in [7, 11) is 0. The molecular weight excluding hydrogens is 725 g/mol. The lowest BCUT2D eigenvalue weighted by Gasteiger charge is -2.14. The molecule has 0 saturated heterocycles. The molecule has 2 aromatic heterocycles. The Hall–Kier alpha value is -7.14. The second kappa shape index (κ2) is 14.4. The van der Waals surface area contributed by atoms with Gasteiger partial charge in [-0.15, -0.1) is 11.3 Å². The third-order valence-corrected chi connectivity index (χ3v) is 12.4. The van der Waals surface area contributed by atoms with Gasteiger partial charge in [0, 0.05) is 47.6 Å². The Morgan fingerprint density at radius 3 is 1.88 bits per heavy atom. The van der Waals surface area contributed by atoms with Crippen LogP contribution in [0.4, 0.5) is 0 Å². The van der Waals surface area contributed by atoms with E-state index in [2.05, 4.69) is 188 Å². The van der Waals surface area contributed by atoms with Gasteiger partial charge in [0.1, 0.15) is 11.2 Å². The lowest BCUT2D eigenvalue weighted by atomic mass is 9.95. The zero-order valence-corrected chi connectivity index (χ0v) is 32.4. The van der Waals surface area contributed by atoms with Gasteiger partial charge in [-0.2, -0.15) is 0 Å². The van der Waals surface area contributed by atoms with E-state index >= 15 is 0 Å². The molecule has 8 aromatic carbocycles. The largest absolute Gasteiger partial charge is 0.455 e. The summed E-state index contributed by atoms with van der Waals surface area (Å²) in [4.78, 5) is 10.7. The van der Waals surface area contributed by atoms with E-state index in [4.69, 9.17) is 14.4 Å². The zero-order chi connectivity index (χ0) is 38.4. The van der Waals surface area contributed by atoms with Crippen LogP contribution in [0.2, 0.25) is 0 Å². The molecule has 10 aromatic rings. The average molecular weight is 761 g/mol. The van der Waals surface area contributed by atoms with Gasteiger partial charge in [0.15, 0.2) is 5.84 Å². The molecule has 0 aliphatic carbocycles. The fourth-order valence-corrected chi connectivity index (χ4v) is 9.56. The van der Waals surface area contributed by atoms with Crippen molar-refractivity contribution in [3.05, 3.63) is 211 Å². The van der Waals surface area contributed by atoms with Crippen molar-refractivity contribution in [3.8, 4) is 33.4 Å². The van der Waals surface area contributed by atoms with Gasteiger partial charge < -0.3 is 4.42 Å². The average Bonchev–Trinajstić information content (AvgIpc) is 3.85. The third kappa shape index (κ3) is 6.15. The fraction of sp³-hybridized carbons (Fsp3) is 0.0370. The predicted octanol–water partition coefficient (Wildman–Crippen LogP) is 15.0. The van der Waals surface area contributed by atoms with Crippen LogP contribution in [-0.4, -0.2) is 11.5 Å². The van der Waals surface area contributed by atoms with Crippen LogP contribution >= 0.6 is 11.3 Å². The zero-order valence-electron chi connectivity index (χ0n) is 31.6. The Bertz CT molecular complexity index is 3240. The molecule has 0 fully saturated rings. The van der Waals surface area contributed by atoms with E-state index in [0.29, 0.717) is 0 Å². The molecule has 3 nitrogen and oxygen atoms in total. The number of hydrogen-bond acceptors (Lipinski definition) is 4. The van der Waals surface area contributed by atoms with Crippen LogP contribution in [-0.2, 0) is 0 Å². The molecule has 0 atom stereocenters. The topological polar surface area (TPSA) is 37.9 Å². The first-order valence-corrected chi connectivity index (χ1v) is 20.6. The van der Waals surface area contributed by atoms with Crippen molar-refractivity contribution in [2.75, 3.05) is 0 Å². The number of benzene rings is 8. The van der Waals surface area contributed by atoms with E-state index < -0.39 is 0 Å². The summed E-state index contributed by atoms with van der Waals surface area (Å²) < 4.78 is 8.97. The smallest absolute Gasteiger partial charge is 0.160 e. The predicted molar refractivity (Wildman–Crippen MR) is 246 cm³/mol. The second-order valence-electron chi connectivity index (χ2n) is 14.8. The van der Waals surface area contributed by atoms with Gasteiger partial charge in [-0.1, -0.05) is 170 Å². The number of thiophene rings is 1. The monoisotopic (exact) mass is 760 g/mol. The van der Waals surface area contributed by atoms with Gasteiger partial charge in [-0.25, -0.2) is 9.98 Å². The number of rotatable bonds is 6. The van der Waals surface area contributed by atoms with Crippen molar-refractivity contribution in [1.82, 2.24) is 0 Å². The fourth-order valence-electron chi connectivity index (χ4n) is 8.30. The maximum absolute atomic E-state index is 6.49. The van der Waals surface area contributed by atoms with E-state index in [1.807, 2.05) is 17.4 Å². The number of hydrogen-bond donors (Lipinski definition) is 0. The van der Waals surface area contributed by atoms with E-state index in [0.717, 1.165) is 79.8 Å². The molecule has 0 radical (unpaired) electrons. The highest BCUT2D eigenvalue weighted by molar-refractivity contribution is 7.26. The van der Waals surface area contributed by atoms with Crippen LogP contribution in [0.1, 0.15) is 29.5 Å². The van der Waals surface area contributed by atoms with Crippen LogP contribution in [0.5, 0.6) is 0 Å². The quantitative estimate of drug-likeness (QED) is 0.166. The van der Waals surface area contributed by atoms with Crippen LogP contribution in [0.15, 0.2) is 209 Å². The molecular formula is C54H36N2OS. The van der Waals surface area contributed by atoms with Gasteiger partial charge >= 0.3 is 0 Å². The first-order valence-electron chi connectivity index (χ1n) is 19.8. The molecule has 1 aliphatic heterocycles. The van der Waals surface area contributed by atoms with Crippen LogP contribution in [0.25, 0.3) is 81.2 Å². The molecule has 4 heteroatoms. The lowest BCUT2D eigenvalue weighted by Crippen LogP contribution is -2.09. The first kappa shape index (κ1) is 34.1. The van der Waals surface area contributed by atoms with Crippen LogP contribution in [0.3, 0.4) is 0 Å². The molecule has 11 rings (SSSR count). The van der Waals surface area contributed by atoms with Crippen molar-refractivity contribution < 1.29 is 4.42 Å². The SMILES string of the molecule is C1=C(c2cccc3c2sc2cc(-c4cc(-c5ccccc5)c5oc6ccccc6c5c4)ccc23)/N=C(c2ccc(-c3ccccc3)cc2)\N=C(\c2ccccc2)CC\1. The summed E-state index contributed by atoms with van der Waals surface area (Å²) >= 11 is 1.84. The number of nitrogens with zero attached hydrogens (tertiary/aromatic N) is 2. The highest BCUT2D eigenvalue weighted by Gasteiger charge is 2.19. The number of fused-ring (bicyclic) bond motifs is 6. The van der Waals surface area contributed by atoms with E-state index in [1.165, 1.54) is 42.4 Å². The van der Waals surface area contributed by atoms with E-state index in [-0.39, 0.29) is 0 Å². The molecule has 0 amide bonds. The Kier molecular flexibility index (Phi) is 8.49. The van der Waals surface area contributed by atoms with E-state index in [9.17, 15) is 0 Å². The Labute approximate surface area is 340 Å². The van der Waals surface area contributed by atoms with Gasteiger partial charge in [0.2, 0.25) is 0 Å². The molecule has 0 N–H and O–H groups in total. The molecule has 274 valence electrons. The summed E-state index contributed by atoms with van der Waals surface area (Å²) in [5.74, 6) is 0.723. The summed E-state index contributed by atoms with van der Waals surface area (Å²) in [6.07, 6.45) is 3.96. The van der Waals surface area contributed by atoms with Crippen molar-refractivity contribution in [3.63, 3.8) is 0 Å². The second-order valence-corrected chi connectivity index (χ2v) is 15.8. The van der Waals surface area contributed by atoms with Crippen LogP contribution < -0.4 is 0 Å². The van der Waals surface area contributed by atoms with Gasteiger partial charge in [-0.3, -0.25) is 0 Å². The molecule has 0 unspecified atom stereocenters. The minimum Gasteiger partial charge on any atom is -0.455 e. The lowest BCUT2D eigenvalue weighted by molar-refractivity contribution is 0.670. The standard InChI is InChI=1S/C54H36N2OS/c1-4-14-35(15-5-1)36-26-28-39(29-27-36)54-55-48(38-18-8-3-9-19-38)23-13-24-49(56-54)45-22-12-21-44-43-31-30-40(34-51(43)58-53(44)45)41-32-46(37-16-6-2-7-17-37)52-47(33-41)42-20-10-11-25-50(42)57-52/h1-12,14-22,24-34H,13,23H2/b49-24-,55-48+,56-54-. The number of furan rings is 1. The maximum atomic E-state index is 6.49. The number of aliphatic imine (C=N–C) groups is 2. The Morgan fingerprint density at radius 2 is 1.09 bits per heavy atom. The molecule has 0 bridgehead atoms. The van der Waals surface area contributed by atoms with Gasteiger partial charge in [0.25, 0.3) is 0 Å². The minimum absolute atomic E-state index is 0.723. The van der Waals surface area contributed by atoms with Gasteiger partial charge in [-0.05, 0) is 70.5 Å². The van der Waals surface area contributed by atoms with Crippen LogP contribution in [0, 0.1) is 0 Å². The normalized spacial score (nSPS) is 16.0. The van der Waals surface area contributed by atoms with Crippen molar-refractivity contribution in [1.29, 1.82) is 0 Å². The summed E-state index contributed by atoms with van der Waals surface area (Å²) in [5.41, 5.74) is 14.0. The molecule has 3 heterocycles. The van der Waals surface area contributed by atoms with Gasteiger partial charge in [0.05, 0.1) is 11.4 Å². The summed E-state index contributed by atoms with van der Waals surface area (Å²) in [6.45, 7) is 0.